The Hall–Kier alpha value is -1.86. The molecule has 1 fully saturated rings. The first-order valence-corrected chi connectivity index (χ1v) is 10.5. The number of fused-ring (bicyclic) bond motifs is 1. The van der Waals surface area contributed by atoms with Crippen molar-refractivity contribution < 1.29 is 13.2 Å². The highest BCUT2D eigenvalue weighted by Gasteiger charge is 2.26. The summed E-state index contributed by atoms with van der Waals surface area (Å²) in [5.74, 6) is 0.137. The maximum absolute atomic E-state index is 12.9. The Morgan fingerprint density at radius 1 is 1.32 bits per heavy atom. The zero-order chi connectivity index (χ0) is 18.2. The van der Waals surface area contributed by atoms with Crippen LogP contribution in [0, 0.1) is 19.8 Å². The number of hydrogen-bond acceptors (Lipinski definition) is 3. The zero-order valence-corrected chi connectivity index (χ0v) is 15.7. The number of aryl methyl sites for hydroxylation is 2. The van der Waals surface area contributed by atoms with Gasteiger partial charge in [0.1, 0.15) is 5.69 Å². The normalized spacial score (nSPS) is 18.7. The highest BCUT2D eigenvalue weighted by Crippen LogP contribution is 2.24. The Bertz CT molecular complexity index is 902. The third-order valence-corrected chi connectivity index (χ3v) is 5.45. The van der Waals surface area contributed by atoms with Gasteiger partial charge in [-0.3, -0.25) is 4.79 Å². The van der Waals surface area contributed by atoms with Crippen LogP contribution in [0.1, 0.15) is 34.5 Å². The molecule has 2 heterocycles. The lowest BCUT2D eigenvalue weighted by molar-refractivity contribution is 0.0671. The number of sulfonamides is 1. The first kappa shape index (κ1) is 17.9. The number of likely N-dealkylation sites (tertiary alicyclic amines) is 1. The Labute approximate surface area is 148 Å². The Balaban J connectivity index is 1.75. The molecule has 136 valence electrons. The lowest BCUT2D eigenvalue weighted by Gasteiger charge is -2.32. The van der Waals surface area contributed by atoms with E-state index in [9.17, 15) is 13.2 Å². The second-order valence-electron chi connectivity index (χ2n) is 7.11. The summed E-state index contributed by atoms with van der Waals surface area (Å²) in [6.07, 6.45) is 2.98. The van der Waals surface area contributed by atoms with Crippen LogP contribution in [0.3, 0.4) is 0 Å². The summed E-state index contributed by atoms with van der Waals surface area (Å²) < 4.78 is 25.1. The van der Waals surface area contributed by atoms with Crippen molar-refractivity contribution in [3.05, 3.63) is 35.0 Å². The molecule has 7 heteroatoms. The minimum atomic E-state index is -3.20. The van der Waals surface area contributed by atoms with Crippen molar-refractivity contribution in [2.24, 2.45) is 5.92 Å². The number of carbonyl (C=O) groups is 1. The molecule has 0 aliphatic carbocycles. The van der Waals surface area contributed by atoms with Gasteiger partial charge in [0.2, 0.25) is 10.0 Å². The van der Waals surface area contributed by atoms with Crippen molar-refractivity contribution in [2.45, 2.75) is 26.7 Å². The van der Waals surface area contributed by atoms with E-state index in [0.717, 1.165) is 41.1 Å². The summed E-state index contributed by atoms with van der Waals surface area (Å²) >= 11 is 0. The first-order chi connectivity index (χ1) is 11.7. The zero-order valence-electron chi connectivity index (χ0n) is 14.9. The molecule has 0 bridgehead atoms. The quantitative estimate of drug-likeness (QED) is 0.873. The number of piperidine rings is 1. The summed E-state index contributed by atoms with van der Waals surface area (Å²) in [6.45, 7) is 5.76. The van der Waals surface area contributed by atoms with Crippen LogP contribution in [0.2, 0.25) is 0 Å². The number of hydrogen-bond donors (Lipinski definition) is 2. The summed E-state index contributed by atoms with van der Waals surface area (Å²) in [5.41, 5.74) is 3.89. The van der Waals surface area contributed by atoms with E-state index in [0.29, 0.717) is 25.3 Å². The average Bonchev–Trinajstić information content (AvgIpc) is 2.96. The van der Waals surface area contributed by atoms with Crippen LogP contribution in [-0.2, 0) is 10.0 Å². The summed E-state index contributed by atoms with van der Waals surface area (Å²) in [6, 6.07) is 6.08. The number of aromatic nitrogens is 1. The second kappa shape index (κ2) is 6.80. The van der Waals surface area contributed by atoms with Gasteiger partial charge in [-0.15, -0.1) is 0 Å². The number of nitrogens with one attached hydrogen (secondary N) is 2. The molecular weight excluding hydrogens is 338 g/mol. The number of aromatic amines is 1. The van der Waals surface area contributed by atoms with Crippen molar-refractivity contribution in [1.82, 2.24) is 14.6 Å². The van der Waals surface area contributed by atoms with Gasteiger partial charge in [-0.05, 0) is 55.9 Å². The van der Waals surface area contributed by atoms with E-state index in [1.54, 1.807) is 0 Å². The summed E-state index contributed by atoms with van der Waals surface area (Å²) in [7, 11) is -3.20. The van der Waals surface area contributed by atoms with Gasteiger partial charge in [0, 0.05) is 30.5 Å². The largest absolute Gasteiger partial charge is 0.351 e. The van der Waals surface area contributed by atoms with Crippen molar-refractivity contribution in [1.29, 1.82) is 0 Å². The molecule has 3 rings (SSSR count). The molecular formula is C18H25N3O3S. The molecule has 1 amide bonds. The lowest BCUT2D eigenvalue weighted by Crippen LogP contribution is -2.43. The fraction of sp³-hybridized carbons (Fsp3) is 0.500. The Kier molecular flexibility index (Phi) is 4.88. The molecule has 0 saturated carbocycles. The maximum Gasteiger partial charge on any atom is 0.270 e. The topological polar surface area (TPSA) is 82.3 Å². The Morgan fingerprint density at radius 2 is 2.08 bits per heavy atom. The van der Waals surface area contributed by atoms with Crippen LogP contribution in [0.15, 0.2) is 18.2 Å². The van der Waals surface area contributed by atoms with Crippen LogP contribution in [-0.4, -0.2) is 50.1 Å². The fourth-order valence-corrected chi connectivity index (χ4v) is 4.11. The third kappa shape index (κ3) is 4.22. The smallest absolute Gasteiger partial charge is 0.270 e. The highest BCUT2D eigenvalue weighted by molar-refractivity contribution is 7.88. The van der Waals surface area contributed by atoms with E-state index in [1.165, 1.54) is 0 Å². The molecule has 6 nitrogen and oxygen atoms in total. The van der Waals surface area contributed by atoms with E-state index >= 15 is 0 Å². The van der Waals surface area contributed by atoms with Gasteiger partial charge in [-0.25, -0.2) is 13.1 Å². The second-order valence-corrected chi connectivity index (χ2v) is 8.94. The Morgan fingerprint density at radius 3 is 2.80 bits per heavy atom. The number of rotatable bonds is 4. The SMILES string of the molecule is Cc1cc(C)c2cc(C(=O)N3CCCC(CNS(C)(=O)=O)C3)[nH]c2c1. The van der Waals surface area contributed by atoms with E-state index in [-0.39, 0.29) is 11.8 Å². The van der Waals surface area contributed by atoms with E-state index in [4.69, 9.17) is 0 Å². The van der Waals surface area contributed by atoms with Gasteiger partial charge in [-0.1, -0.05) is 6.07 Å². The van der Waals surface area contributed by atoms with E-state index < -0.39 is 10.0 Å². The molecule has 1 aromatic heterocycles. The van der Waals surface area contributed by atoms with Crippen LogP contribution in [0.25, 0.3) is 10.9 Å². The predicted molar refractivity (Wildman–Crippen MR) is 99.2 cm³/mol. The average molecular weight is 363 g/mol. The summed E-state index contributed by atoms with van der Waals surface area (Å²) in [5, 5.41) is 1.07. The molecule has 1 saturated heterocycles. The van der Waals surface area contributed by atoms with Crippen molar-refractivity contribution in [3.8, 4) is 0 Å². The number of H-pyrrole nitrogens is 1. The molecule has 1 aliphatic heterocycles. The fourth-order valence-electron chi connectivity index (χ4n) is 3.57. The molecule has 1 atom stereocenters. The predicted octanol–water partition coefficient (Wildman–Crippen LogP) is 2.19. The van der Waals surface area contributed by atoms with Gasteiger partial charge in [0.15, 0.2) is 0 Å². The van der Waals surface area contributed by atoms with Crippen LogP contribution < -0.4 is 4.72 Å². The van der Waals surface area contributed by atoms with Gasteiger partial charge in [-0.2, -0.15) is 0 Å². The van der Waals surface area contributed by atoms with Crippen molar-refractivity contribution >= 4 is 26.8 Å². The number of amides is 1. The molecule has 1 aromatic carbocycles. The number of benzene rings is 1. The lowest BCUT2D eigenvalue weighted by atomic mass is 9.98. The standard InChI is InChI=1S/C18H25N3O3S/c1-12-7-13(2)15-9-17(20-16(15)8-12)18(22)21-6-4-5-14(11-21)10-19-25(3,23)24/h7-9,14,19-20H,4-6,10-11H2,1-3H3. The first-order valence-electron chi connectivity index (χ1n) is 8.57. The van der Waals surface area contributed by atoms with E-state index in [1.807, 2.05) is 30.9 Å². The molecule has 25 heavy (non-hydrogen) atoms. The van der Waals surface area contributed by atoms with Gasteiger partial charge in [0.25, 0.3) is 5.91 Å². The minimum Gasteiger partial charge on any atom is -0.351 e. The monoisotopic (exact) mass is 363 g/mol. The molecule has 2 aromatic rings. The van der Waals surface area contributed by atoms with Gasteiger partial charge in [0.05, 0.1) is 6.26 Å². The van der Waals surface area contributed by atoms with E-state index in [2.05, 4.69) is 15.8 Å². The number of nitrogens with zero attached hydrogens (tertiary/aromatic N) is 1. The molecule has 0 radical (unpaired) electrons. The third-order valence-electron chi connectivity index (χ3n) is 4.76. The van der Waals surface area contributed by atoms with Crippen LogP contribution in [0.4, 0.5) is 0 Å². The number of carbonyl (C=O) groups excluding carboxylic acids is 1. The molecule has 0 spiro atoms. The van der Waals surface area contributed by atoms with Crippen LogP contribution in [0.5, 0.6) is 0 Å². The summed E-state index contributed by atoms with van der Waals surface area (Å²) in [4.78, 5) is 17.9. The highest BCUT2D eigenvalue weighted by atomic mass is 32.2. The van der Waals surface area contributed by atoms with Crippen molar-refractivity contribution in [3.63, 3.8) is 0 Å². The molecule has 2 N–H and O–H groups in total. The molecule has 1 unspecified atom stereocenters. The van der Waals surface area contributed by atoms with Gasteiger partial charge < -0.3 is 9.88 Å². The molecule has 1 aliphatic rings. The maximum atomic E-state index is 12.9. The van der Waals surface area contributed by atoms with Gasteiger partial charge >= 0.3 is 0 Å². The van der Waals surface area contributed by atoms with Crippen LogP contribution >= 0.6 is 0 Å². The minimum absolute atomic E-state index is 0.0164. The van der Waals surface area contributed by atoms with Crippen molar-refractivity contribution in [2.75, 3.05) is 25.9 Å².